The average molecular weight is 340 g/mol. The number of carbonyl (C=O) groups excluding carboxylic acids is 1. The van der Waals surface area contributed by atoms with Crippen LogP contribution in [-0.4, -0.2) is 17.5 Å². The lowest BCUT2D eigenvalue weighted by Gasteiger charge is -2.15. The van der Waals surface area contributed by atoms with Gasteiger partial charge in [-0.3, -0.25) is 9.59 Å². The van der Waals surface area contributed by atoms with Crippen molar-refractivity contribution in [1.82, 2.24) is 10.3 Å². The summed E-state index contributed by atoms with van der Waals surface area (Å²) >= 11 is 0. The Morgan fingerprint density at radius 1 is 1.20 bits per heavy atom. The Bertz CT molecular complexity index is 794. The number of benzene rings is 1. The van der Waals surface area contributed by atoms with Crippen molar-refractivity contribution in [2.24, 2.45) is 0 Å². The van der Waals surface area contributed by atoms with Crippen LogP contribution in [0.2, 0.25) is 0 Å². The first-order valence-corrected chi connectivity index (χ1v) is 8.88. The second kappa shape index (κ2) is 8.01. The monoisotopic (exact) mass is 340 g/mol. The molecule has 0 spiro atoms. The Balaban J connectivity index is 1.58. The third-order valence-electron chi connectivity index (χ3n) is 4.53. The van der Waals surface area contributed by atoms with E-state index in [9.17, 15) is 9.59 Å². The van der Waals surface area contributed by atoms with E-state index < -0.39 is 0 Å². The maximum absolute atomic E-state index is 12.5. The molecular weight excluding hydrogens is 316 g/mol. The number of hydrogen-bond donors (Lipinski definition) is 2. The van der Waals surface area contributed by atoms with Gasteiger partial charge in [-0.1, -0.05) is 12.1 Å². The first-order valence-electron chi connectivity index (χ1n) is 8.88. The van der Waals surface area contributed by atoms with Crippen LogP contribution in [0.5, 0.6) is 5.75 Å². The molecule has 0 aliphatic heterocycles. The minimum atomic E-state index is -0.143. The van der Waals surface area contributed by atoms with Crippen molar-refractivity contribution in [3.05, 3.63) is 63.1 Å². The van der Waals surface area contributed by atoms with Gasteiger partial charge in [0.05, 0.1) is 13.0 Å². The fraction of sp³-hybridized carbons (Fsp3) is 0.400. The molecular formula is C20H24N2O3. The summed E-state index contributed by atoms with van der Waals surface area (Å²) in [6.45, 7) is 3.01. The molecule has 2 aromatic rings. The van der Waals surface area contributed by atoms with Crippen molar-refractivity contribution in [2.75, 3.05) is 6.61 Å². The van der Waals surface area contributed by atoms with Gasteiger partial charge in [0.2, 0.25) is 5.91 Å². The number of rotatable bonds is 6. The van der Waals surface area contributed by atoms with Crippen molar-refractivity contribution in [2.45, 2.75) is 45.6 Å². The molecule has 0 saturated heterocycles. The maximum Gasteiger partial charge on any atom is 0.224 e. The first-order chi connectivity index (χ1) is 12.2. The van der Waals surface area contributed by atoms with Gasteiger partial charge in [-0.2, -0.15) is 0 Å². The number of nitrogens with one attached hydrogen (secondary N) is 2. The third-order valence-corrected chi connectivity index (χ3v) is 4.53. The Morgan fingerprint density at radius 2 is 1.96 bits per heavy atom. The van der Waals surface area contributed by atoms with Gasteiger partial charge in [-0.25, -0.2) is 0 Å². The lowest BCUT2D eigenvalue weighted by atomic mass is 9.94. The maximum atomic E-state index is 12.5. The van der Waals surface area contributed by atoms with Crippen LogP contribution >= 0.6 is 0 Å². The van der Waals surface area contributed by atoms with Crippen LogP contribution in [0, 0.1) is 0 Å². The quantitative estimate of drug-likeness (QED) is 0.849. The van der Waals surface area contributed by atoms with Crippen LogP contribution in [0.1, 0.15) is 42.1 Å². The van der Waals surface area contributed by atoms with E-state index in [4.69, 9.17) is 4.74 Å². The fourth-order valence-corrected chi connectivity index (χ4v) is 3.19. The van der Waals surface area contributed by atoms with Gasteiger partial charge in [0, 0.05) is 29.6 Å². The Kier molecular flexibility index (Phi) is 5.53. The number of aryl methyl sites for hydroxylation is 1. The molecule has 5 heteroatoms. The molecule has 3 rings (SSSR count). The van der Waals surface area contributed by atoms with Gasteiger partial charge >= 0.3 is 0 Å². The summed E-state index contributed by atoms with van der Waals surface area (Å²) < 4.78 is 5.40. The van der Waals surface area contributed by atoms with Crippen molar-refractivity contribution >= 4 is 5.91 Å². The number of fused-ring (bicyclic) bond motifs is 1. The van der Waals surface area contributed by atoms with Gasteiger partial charge < -0.3 is 15.0 Å². The van der Waals surface area contributed by atoms with E-state index >= 15 is 0 Å². The average Bonchev–Trinajstić information content (AvgIpc) is 2.64. The summed E-state index contributed by atoms with van der Waals surface area (Å²) in [5.41, 5.74) is 3.48. The van der Waals surface area contributed by atoms with Crippen molar-refractivity contribution in [3.8, 4) is 5.75 Å². The van der Waals surface area contributed by atoms with E-state index in [0.717, 1.165) is 48.3 Å². The summed E-state index contributed by atoms with van der Waals surface area (Å²) in [6, 6.07) is 7.63. The second-order valence-electron chi connectivity index (χ2n) is 6.34. The molecule has 1 heterocycles. The number of hydrogen-bond acceptors (Lipinski definition) is 3. The standard InChI is InChI=1S/C20H24N2O3/c1-2-25-16-9-7-14(8-10-16)12-22-19(23)11-15-13-21-18-6-4-3-5-17(18)20(15)24/h7-10,13H,2-6,11-12H2,1H3,(H,21,24)(H,22,23). The molecule has 1 aliphatic carbocycles. The lowest BCUT2D eigenvalue weighted by molar-refractivity contribution is -0.120. The minimum absolute atomic E-state index is 0.0321. The molecule has 0 atom stereocenters. The van der Waals surface area contributed by atoms with Crippen LogP contribution in [0.15, 0.2) is 35.3 Å². The molecule has 1 amide bonds. The van der Waals surface area contributed by atoms with Gasteiger partial charge in [0.1, 0.15) is 5.75 Å². The molecule has 1 aliphatic rings. The zero-order valence-electron chi connectivity index (χ0n) is 14.6. The summed E-state index contributed by atoms with van der Waals surface area (Å²) in [4.78, 5) is 27.9. The van der Waals surface area contributed by atoms with E-state index in [1.807, 2.05) is 31.2 Å². The van der Waals surface area contributed by atoms with E-state index in [2.05, 4.69) is 10.3 Å². The normalized spacial score (nSPS) is 13.2. The molecule has 1 aromatic heterocycles. The topological polar surface area (TPSA) is 71.2 Å². The van der Waals surface area contributed by atoms with Crippen LogP contribution in [0.25, 0.3) is 0 Å². The largest absolute Gasteiger partial charge is 0.494 e. The first kappa shape index (κ1) is 17.3. The molecule has 0 unspecified atom stereocenters. The predicted octanol–water partition coefficient (Wildman–Crippen LogP) is 2.51. The fourth-order valence-electron chi connectivity index (χ4n) is 3.19. The Morgan fingerprint density at radius 3 is 2.72 bits per heavy atom. The highest BCUT2D eigenvalue weighted by Crippen LogP contribution is 2.16. The Labute approximate surface area is 147 Å². The molecule has 132 valence electrons. The number of amides is 1. The zero-order chi connectivity index (χ0) is 17.6. The second-order valence-corrected chi connectivity index (χ2v) is 6.34. The summed E-state index contributed by atoms with van der Waals surface area (Å²) in [5, 5.41) is 2.87. The van der Waals surface area contributed by atoms with Crippen molar-refractivity contribution < 1.29 is 9.53 Å². The SMILES string of the molecule is CCOc1ccc(CNC(=O)Cc2c[nH]c3c(c2=O)CCCC3)cc1. The minimum Gasteiger partial charge on any atom is -0.494 e. The van der Waals surface area contributed by atoms with E-state index in [-0.39, 0.29) is 17.8 Å². The van der Waals surface area contributed by atoms with Crippen LogP contribution in [0.4, 0.5) is 0 Å². The number of aromatic nitrogens is 1. The Hall–Kier alpha value is -2.56. The number of carbonyl (C=O) groups is 1. The van der Waals surface area contributed by atoms with Gasteiger partial charge in [-0.15, -0.1) is 0 Å². The van der Waals surface area contributed by atoms with Crippen LogP contribution in [0.3, 0.4) is 0 Å². The van der Waals surface area contributed by atoms with Gasteiger partial charge in [0.25, 0.3) is 0 Å². The van der Waals surface area contributed by atoms with E-state index in [1.165, 1.54) is 0 Å². The molecule has 0 fully saturated rings. The van der Waals surface area contributed by atoms with E-state index in [0.29, 0.717) is 18.7 Å². The highest BCUT2D eigenvalue weighted by Gasteiger charge is 2.16. The van der Waals surface area contributed by atoms with Crippen LogP contribution in [-0.2, 0) is 30.6 Å². The molecule has 5 nitrogen and oxygen atoms in total. The molecule has 0 radical (unpaired) electrons. The zero-order valence-corrected chi connectivity index (χ0v) is 14.6. The van der Waals surface area contributed by atoms with Crippen LogP contribution < -0.4 is 15.5 Å². The predicted molar refractivity (Wildman–Crippen MR) is 96.9 cm³/mol. The highest BCUT2D eigenvalue weighted by atomic mass is 16.5. The lowest BCUT2D eigenvalue weighted by Crippen LogP contribution is -2.29. The molecule has 0 bridgehead atoms. The molecule has 0 saturated carbocycles. The molecule has 25 heavy (non-hydrogen) atoms. The van der Waals surface area contributed by atoms with Gasteiger partial charge in [-0.05, 0) is 50.3 Å². The highest BCUT2D eigenvalue weighted by molar-refractivity contribution is 5.78. The van der Waals surface area contributed by atoms with E-state index in [1.54, 1.807) is 6.20 Å². The number of ether oxygens (including phenoxy) is 1. The number of aromatic amines is 1. The summed E-state index contributed by atoms with van der Waals surface area (Å²) in [6.07, 6.45) is 5.71. The number of H-pyrrole nitrogens is 1. The smallest absolute Gasteiger partial charge is 0.224 e. The van der Waals surface area contributed by atoms with Crippen molar-refractivity contribution in [1.29, 1.82) is 0 Å². The number of pyridine rings is 1. The summed E-state index contributed by atoms with van der Waals surface area (Å²) in [7, 11) is 0. The van der Waals surface area contributed by atoms with Gasteiger partial charge in [0.15, 0.2) is 5.43 Å². The molecule has 2 N–H and O–H groups in total. The third kappa shape index (κ3) is 4.29. The van der Waals surface area contributed by atoms with Crippen molar-refractivity contribution in [3.63, 3.8) is 0 Å². The summed E-state index contributed by atoms with van der Waals surface area (Å²) in [5.74, 6) is 0.674. The molecule has 1 aromatic carbocycles.